The van der Waals surface area contributed by atoms with E-state index in [4.69, 9.17) is 10.8 Å². The molecule has 14 heavy (non-hydrogen) atoms. The van der Waals surface area contributed by atoms with Gasteiger partial charge in [0.1, 0.15) is 0 Å². The van der Waals surface area contributed by atoms with Crippen molar-refractivity contribution in [1.82, 2.24) is 4.90 Å². The Balaban J connectivity index is 2.48. The van der Waals surface area contributed by atoms with E-state index in [1.807, 2.05) is 18.7 Å². The highest BCUT2D eigenvalue weighted by molar-refractivity contribution is 7.99. The topological polar surface area (TPSA) is 61.9 Å². The maximum absolute atomic E-state index is 8.99. The number of thioether (sulfide) groups is 1. The maximum atomic E-state index is 8.99. The molecule has 0 aromatic carbocycles. The third kappa shape index (κ3) is 3.38. The number of guanidine groups is 1. The van der Waals surface area contributed by atoms with Crippen molar-refractivity contribution in [2.75, 3.05) is 31.2 Å². The molecule has 0 radical (unpaired) electrons. The van der Waals surface area contributed by atoms with Gasteiger partial charge in [-0.05, 0) is 6.42 Å². The van der Waals surface area contributed by atoms with E-state index in [-0.39, 0.29) is 12.6 Å². The smallest absolute Gasteiger partial charge is 0.191 e. The van der Waals surface area contributed by atoms with Crippen LogP contribution in [0.15, 0.2) is 4.99 Å². The summed E-state index contributed by atoms with van der Waals surface area (Å²) < 4.78 is 0. The first kappa shape index (κ1) is 11.7. The quantitative estimate of drug-likeness (QED) is 0.521. The van der Waals surface area contributed by atoms with E-state index in [0.29, 0.717) is 5.96 Å². The minimum atomic E-state index is -0.0374. The molecule has 82 valence electrons. The molecule has 0 aromatic heterocycles. The number of rotatable bonds is 3. The second kappa shape index (κ2) is 6.14. The molecule has 0 saturated carbocycles. The van der Waals surface area contributed by atoms with Crippen molar-refractivity contribution in [2.45, 2.75) is 19.4 Å². The second-order valence-corrected chi connectivity index (χ2v) is 4.56. The molecule has 3 N–H and O–H groups in total. The van der Waals surface area contributed by atoms with Gasteiger partial charge in [-0.3, -0.25) is 0 Å². The highest BCUT2D eigenvalue weighted by Crippen LogP contribution is 2.09. The van der Waals surface area contributed by atoms with Crippen LogP contribution in [0, 0.1) is 0 Å². The first-order valence-corrected chi connectivity index (χ1v) is 6.20. The van der Waals surface area contributed by atoms with E-state index >= 15 is 0 Å². The molecular weight excluding hydrogens is 198 g/mol. The van der Waals surface area contributed by atoms with Crippen LogP contribution in [0.25, 0.3) is 0 Å². The summed E-state index contributed by atoms with van der Waals surface area (Å²) >= 11 is 1.94. The predicted octanol–water partition coefficient (Wildman–Crippen LogP) is 0.121. The molecule has 1 saturated heterocycles. The van der Waals surface area contributed by atoms with Crippen LogP contribution in [-0.4, -0.2) is 53.2 Å². The first-order valence-electron chi connectivity index (χ1n) is 5.04. The minimum Gasteiger partial charge on any atom is -0.394 e. The van der Waals surface area contributed by atoms with Crippen molar-refractivity contribution in [2.24, 2.45) is 10.7 Å². The normalized spacial score (nSPS) is 21.0. The molecule has 1 heterocycles. The summed E-state index contributed by atoms with van der Waals surface area (Å²) in [6.45, 7) is 4.03. The van der Waals surface area contributed by atoms with Gasteiger partial charge in [-0.15, -0.1) is 0 Å². The van der Waals surface area contributed by atoms with Gasteiger partial charge in [0, 0.05) is 24.6 Å². The number of nitrogens with two attached hydrogens (primary N) is 1. The number of aliphatic hydroxyl groups excluding tert-OH is 1. The fraction of sp³-hybridized carbons (Fsp3) is 0.889. The van der Waals surface area contributed by atoms with E-state index < -0.39 is 0 Å². The number of aliphatic imine (C=N–C) groups is 1. The van der Waals surface area contributed by atoms with Crippen LogP contribution in [-0.2, 0) is 0 Å². The fourth-order valence-corrected chi connectivity index (χ4v) is 2.23. The predicted molar refractivity (Wildman–Crippen MR) is 61.7 cm³/mol. The van der Waals surface area contributed by atoms with Gasteiger partial charge in [0.05, 0.1) is 12.6 Å². The van der Waals surface area contributed by atoms with Gasteiger partial charge < -0.3 is 15.7 Å². The Morgan fingerprint density at radius 2 is 2.21 bits per heavy atom. The molecule has 1 atom stereocenters. The summed E-state index contributed by atoms with van der Waals surface area (Å²) in [6, 6.07) is -0.0374. The van der Waals surface area contributed by atoms with Crippen molar-refractivity contribution in [1.29, 1.82) is 0 Å². The third-order valence-corrected chi connectivity index (χ3v) is 3.27. The zero-order valence-corrected chi connectivity index (χ0v) is 9.46. The van der Waals surface area contributed by atoms with Crippen LogP contribution in [0.1, 0.15) is 13.3 Å². The van der Waals surface area contributed by atoms with Gasteiger partial charge >= 0.3 is 0 Å². The Bertz CT molecular complexity index is 188. The van der Waals surface area contributed by atoms with Gasteiger partial charge in [0.2, 0.25) is 0 Å². The van der Waals surface area contributed by atoms with Crippen LogP contribution in [0.5, 0.6) is 0 Å². The molecule has 0 aliphatic carbocycles. The van der Waals surface area contributed by atoms with E-state index in [2.05, 4.69) is 9.89 Å². The molecule has 0 amide bonds. The second-order valence-electron chi connectivity index (χ2n) is 3.33. The number of nitrogens with zero attached hydrogens (tertiary/aromatic N) is 2. The lowest BCUT2D eigenvalue weighted by molar-refractivity contribution is 0.262. The average Bonchev–Trinajstić information content (AvgIpc) is 2.26. The number of hydrogen-bond acceptors (Lipinski definition) is 3. The molecule has 0 bridgehead atoms. The molecule has 1 aliphatic heterocycles. The summed E-state index contributed by atoms with van der Waals surface area (Å²) in [5, 5.41) is 8.99. The Morgan fingerprint density at radius 3 is 2.71 bits per heavy atom. The van der Waals surface area contributed by atoms with Gasteiger partial charge in [-0.1, -0.05) is 6.92 Å². The number of aliphatic hydroxyl groups is 1. The van der Waals surface area contributed by atoms with Crippen molar-refractivity contribution in [3.8, 4) is 0 Å². The highest BCUT2D eigenvalue weighted by Gasteiger charge is 2.13. The zero-order chi connectivity index (χ0) is 10.4. The molecule has 4 nitrogen and oxygen atoms in total. The van der Waals surface area contributed by atoms with Crippen molar-refractivity contribution >= 4 is 17.7 Å². The largest absolute Gasteiger partial charge is 0.394 e. The van der Waals surface area contributed by atoms with Crippen molar-refractivity contribution in [3.63, 3.8) is 0 Å². The summed E-state index contributed by atoms with van der Waals surface area (Å²) in [5.41, 5.74) is 5.86. The Hall–Kier alpha value is -0.420. The minimum absolute atomic E-state index is 0.0374. The first-order chi connectivity index (χ1) is 6.77. The summed E-state index contributed by atoms with van der Waals surface area (Å²) in [5.74, 6) is 2.82. The lowest BCUT2D eigenvalue weighted by Crippen LogP contribution is -2.43. The zero-order valence-electron chi connectivity index (χ0n) is 8.65. The summed E-state index contributed by atoms with van der Waals surface area (Å²) in [4.78, 5) is 6.39. The number of hydrogen-bond donors (Lipinski definition) is 2. The van der Waals surface area contributed by atoms with Crippen LogP contribution >= 0.6 is 11.8 Å². The maximum Gasteiger partial charge on any atom is 0.191 e. The molecule has 1 rings (SSSR count). The molecule has 1 aliphatic rings. The van der Waals surface area contributed by atoms with E-state index in [0.717, 1.165) is 31.0 Å². The van der Waals surface area contributed by atoms with Crippen LogP contribution < -0.4 is 5.73 Å². The molecule has 0 aromatic rings. The SMILES string of the molecule is CC[C@H](CO)N=C(N)N1CCSCC1. The van der Waals surface area contributed by atoms with E-state index in [1.165, 1.54) is 0 Å². The average molecular weight is 217 g/mol. The van der Waals surface area contributed by atoms with Gasteiger partial charge in [-0.25, -0.2) is 4.99 Å². The van der Waals surface area contributed by atoms with Crippen LogP contribution in [0.2, 0.25) is 0 Å². The lowest BCUT2D eigenvalue weighted by atomic mass is 10.2. The monoisotopic (exact) mass is 217 g/mol. The standard InChI is InChI=1S/C9H19N3OS/c1-2-8(7-13)11-9(10)12-3-5-14-6-4-12/h8,13H,2-7H2,1H3,(H2,10,11)/t8-/m1/s1. The van der Waals surface area contributed by atoms with E-state index in [9.17, 15) is 0 Å². The van der Waals surface area contributed by atoms with Crippen LogP contribution in [0.4, 0.5) is 0 Å². The Labute approximate surface area is 89.6 Å². The highest BCUT2D eigenvalue weighted by atomic mass is 32.2. The molecular formula is C9H19N3OS. The van der Waals surface area contributed by atoms with Gasteiger partial charge in [0.25, 0.3) is 0 Å². The molecule has 0 spiro atoms. The summed E-state index contributed by atoms with van der Waals surface area (Å²) in [6.07, 6.45) is 0.833. The summed E-state index contributed by atoms with van der Waals surface area (Å²) in [7, 11) is 0. The van der Waals surface area contributed by atoms with Gasteiger partial charge in [0.15, 0.2) is 5.96 Å². The Morgan fingerprint density at radius 1 is 1.57 bits per heavy atom. The third-order valence-electron chi connectivity index (χ3n) is 2.33. The van der Waals surface area contributed by atoms with Crippen molar-refractivity contribution in [3.05, 3.63) is 0 Å². The molecule has 1 fully saturated rings. The Kier molecular flexibility index (Phi) is 5.11. The molecule has 5 heteroatoms. The van der Waals surface area contributed by atoms with Gasteiger partial charge in [-0.2, -0.15) is 11.8 Å². The van der Waals surface area contributed by atoms with E-state index in [1.54, 1.807) is 0 Å². The van der Waals surface area contributed by atoms with Crippen molar-refractivity contribution < 1.29 is 5.11 Å². The lowest BCUT2D eigenvalue weighted by Gasteiger charge is -2.27. The fourth-order valence-electron chi connectivity index (χ4n) is 1.32. The molecule has 0 unspecified atom stereocenters. The van der Waals surface area contributed by atoms with Crippen LogP contribution in [0.3, 0.4) is 0 Å².